The van der Waals surface area contributed by atoms with Crippen LogP contribution in [0.2, 0.25) is 0 Å². The third-order valence-electron chi connectivity index (χ3n) is 4.99. The van der Waals surface area contributed by atoms with Gasteiger partial charge in [0.25, 0.3) is 0 Å². The molecule has 0 unspecified atom stereocenters. The Kier molecular flexibility index (Phi) is 5.24. The van der Waals surface area contributed by atoms with E-state index in [-0.39, 0.29) is 0 Å². The smallest absolute Gasteiger partial charge is 0.134 e. The van der Waals surface area contributed by atoms with Gasteiger partial charge in [-0.05, 0) is 43.7 Å². The third-order valence-corrected chi connectivity index (χ3v) is 6.05. The van der Waals surface area contributed by atoms with Crippen LogP contribution < -0.4 is 10.6 Å². The molecule has 5 rings (SSSR count). The molecule has 160 valence electrons. The molecule has 2 N–H and O–H groups in total. The van der Waals surface area contributed by atoms with Crippen LogP contribution in [0.25, 0.3) is 20.8 Å². The Bertz CT molecular complexity index is 1400. The van der Waals surface area contributed by atoms with E-state index in [9.17, 15) is 0 Å². The van der Waals surface area contributed by atoms with Crippen LogP contribution >= 0.6 is 11.3 Å². The van der Waals surface area contributed by atoms with E-state index in [0.717, 1.165) is 49.5 Å². The quantitative estimate of drug-likeness (QED) is 0.388. The number of hydrogen-bond donors (Lipinski definition) is 2. The molecule has 0 fully saturated rings. The molecule has 0 bridgehead atoms. The van der Waals surface area contributed by atoms with Crippen LogP contribution in [0, 0.1) is 13.8 Å². The summed E-state index contributed by atoms with van der Waals surface area (Å²) in [5, 5.41) is 7.61. The Morgan fingerprint density at radius 2 is 1.81 bits per heavy atom. The van der Waals surface area contributed by atoms with E-state index in [2.05, 4.69) is 30.6 Å². The number of anilines is 3. The van der Waals surface area contributed by atoms with Crippen molar-refractivity contribution in [1.82, 2.24) is 29.5 Å². The molecule has 0 aromatic carbocycles. The summed E-state index contributed by atoms with van der Waals surface area (Å²) in [6.07, 6.45) is 7.37. The molecule has 0 aliphatic heterocycles. The molecule has 0 saturated heterocycles. The van der Waals surface area contributed by atoms with E-state index in [1.807, 2.05) is 74.4 Å². The van der Waals surface area contributed by atoms with Crippen molar-refractivity contribution in [2.75, 3.05) is 10.6 Å². The number of nitrogens with one attached hydrogen (secondary N) is 2. The van der Waals surface area contributed by atoms with Gasteiger partial charge in [-0.15, -0.1) is 11.3 Å². The second-order valence-electron chi connectivity index (χ2n) is 7.59. The summed E-state index contributed by atoms with van der Waals surface area (Å²) < 4.78 is 3.02. The lowest BCUT2D eigenvalue weighted by Gasteiger charge is -2.10. The number of nitrogens with zero attached hydrogens (tertiary/aromatic N) is 6. The number of fused-ring (bicyclic) bond motifs is 1. The number of thiazole rings is 1. The number of hydrogen-bond acceptors (Lipinski definition) is 8. The van der Waals surface area contributed by atoms with Gasteiger partial charge in [-0.2, -0.15) is 0 Å². The van der Waals surface area contributed by atoms with Crippen LogP contribution in [0.3, 0.4) is 0 Å². The summed E-state index contributed by atoms with van der Waals surface area (Å²) in [5.41, 5.74) is 4.03. The minimum atomic E-state index is 0.597. The SMILES string of the molecule is Cc1cc(NCc2nccn2C)nc(Nc2cc3nc(-c4ccnc(C)c4)sc3cn2)c1. The lowest BCUT2D eigenvalue weighted by atomic mass is 10.2. The summed E-state index contributed by atoms with van der Waals surface area (Å²) in [4.78, 5) is 22.6. The fourth-order valence-electron chi connectivity index (χ4n) is 3.39. The second-order valence-corrected chi connectivity index (χ2v) is 8.62. The predicted molar refractivity (Wildman–Crippen MR) is 128 cm³/mol. The first-order valence-corrected chi connectivity index (χ1v) is 11.0. The Morgan fingerprint density at radius 1 is 0.938 bits per heavy atom. The molecule has 5 aromatic heterocycles. The third kappa shape index (κ3) is 4.28. The van der Waals surface area contributed by atoms with Crippen molar-refractivity contribution in [3.8, 4) is 10.6 Å². The van der Waals surface area contributed by atoms with Gasteiger partial charge < -0.3 is 15.2 Å². The summed E-state index contributed by atoms with van der Waals surface area (Å²) in [7, 11) is 1.97. The van der Waals surface area contributed by atoms with Crippen molar-refractivity contribution in [3.05, 3.63) is 72.2 Å². The van der Waals surface area contributed by atoms with Crippen LogP contribution in [-0.4, -0.2) is 29.5 Å². The summed E-state index contributed by atoms with van der Waals surface area (Å²) in [6, 6.07) is 9.97. The van der Waals surface area contributed by atoms with Gasteiger partial charge in [0.1, 0.15) is 28.3 Å². The first kappa shape index (κ1) is 20.1. The molecule has 0 atom stereocenters. The number of pyridine rings is 3. The average molecular weight is 443 g/mol. The highest BCUT2D eigenvalue weighted by Gasteiger charge is 2.10. The van der Waals surface area contributed by atoms with E-state index in [0.29, 0.717) is 12.4 Å². The van der Waals surface area contributed by atoms with Crippen molar-refractivity contribution < 1.29 is 0 Å². The molecule has 0 aliphatic rings. The lowest BCUT2D eigenvalue weighted by molar-refractivity contribution is 0.811. The minimum absolute atomic E-state index is 0.597. The van der Waals surface area contributed by atoms with Gasteiger partial charge in [-0.3, -0.25) is 4.98 Å². The largest absolute Gasteiger partial charge is 0.363 e. The Morgan fingerprint density at radius 3 is 2.62 bits per heavy atom. The van der Waals surface area contributed by atoms with Crippen molar-refractivity contribution >= 4 is 39.0 Å². The topological polar surface area (TPSA) is 93.4 Å². The summed E-state index contributed by atoms with van der Waals surface area (Å²) in [5.74, 6) is 3.15. The van der Waals surface area contributed by atoms with Gasteiger partial charge in [-0.25, -0.2) is 19.9 Å². The molecule has 0 amide bonds. The van der Waals surface area contributed by atoms with Crippen LogP contribution in [-0.2, 0) is 13.6 Å². The van der Waals surface area contributed by atoms with Gasteiger partial charge in [0.15, 0.2) is 0 Å². The summed E-state index contributed by atoms with van der Waals surface area (Å²) in [6.45, 7) is 4.62. The number of rotatable bonds is 6. The molecule has 0 aliphatic carbocycles. The molecule has 0 radical (unpaired) electrons. The average Bonchev–Trinajstić information content (AvgIpc) is 3.37. The molecular weight excluding hydrogens is 420 g/mol. The van der Waals surface area contributed by atoms with Gasteiger partial charge in [-0.1, -0.05) is 0 Å². The number of aryl methyl sites for hydroxylation is 3. The highest BCUT2D eigenvalue weighted by molar-refractivity contribution is 7.21. The molecule has 9 heteroatoms. The maximum atomic E-state index is 4.80. The van der Waals surface area contributed by atoms with E-state index >= 15 is 0 Å². The van der Waals surface area contributed by atoms with Crippen LogP contribution in [0.4, 0.5) is 17.5 Å². The van der Waals surface area contributed by atoms with Gasteiger partial charge >= 0.3 is 0 Å². The Balaban J connectivity index is 1.36. The fraction of sp³-hybridized carbons (Fsp3) is 0.174. The monoisotopic (exact) mass is 442 g/mol. The first-order valence-electron chi connectivity index (χ1n) is 10.2. The van der Waals surface area contributed by atoms with Crippen LogP contribution in [0.5, 0.6) is 0 Å². The Hall–Kier alpha value is -3.85. The normalized spacial score (nSPS) is 11.1. The standard InChI is InChI=1S/C23H22N8S/c1-14-8-19(27-13-22-25-6-7-31(22)3)29-21(9-14)30-20-11-17-18(12-26-20)32-23(28-17)16-4-5-24-15(2)10-16/h4-12H,13H2,1-3H3,(H2,26,27,29,30). The van der Waals surface area contributed by atoms with Crippen LogP contribution in [0.1, 0.15) is 17.1 Å². The molecular formula is C23H22N8S. The highest BCUT2D eigenvalue weighted by Crippen LogP contribution is 2.31. The van der Waals surface area contributed by atoms with E-state index < -0.39 is 0 Å². The molecule has 32 heavy (non-hydrogen) atoms. The fourth-order valence-corrected chi connectivity index (χ4v) is 4.31. The zero-order valence-electron chi connectivity index (χ0n) is 18.0. The molecule has 0 saturated carbocycles. The molecule has 0 spiro atoms. The van der Waals surface area contributed by atoms with Crippen molar-refractivity contribution in [2.24, 2.45) is 7.05 Å². The molecule has 8 nitrogen and oxygen atoms in total. The maximum absolute atomic E-state index is 4.80. The van der Waals surface area contributed by atoms with Gasteiger partial charge in [0, 0.05) is 49.2 Å². The van der Waals surface area contributed by atoms with Crippen molar-refractivity contribution in [2.45, 2.75) is 20.4 Å². The first-order chi connectivity index (χ1) is 15.5. The van der Waals surface area contributed by atoms with E-state index in [4.69, 9.17) is 4.98 Å². The molecule has 5 heterocycles. The van der Waals surface area contributed by atoms with E-state index in [1.165, 1.54) is 0 Å². The Labute approximate surface area is 189 Å². The molecule has 5 aromatic rings. The lowest BCUT2D eigenvalue weighted by Crippen LogP contribution is -2.08. The minimum Gasteiger partial charge on any atom is -0.363 e. The van der Waals surface area contributed by atoms with Crippen molar-refractivity contribution in [1.29, 1.82) is 0 Å². The van der Waals surface area contributed by atoms with E-state index in [1.54, 1.807) is 17.5 Å². The van der Waals surface area contributed by atoms with Gasteiger partial charge in [0.05, 0.1) is 16.8 Å². The number of aromatic nitrogens is 6. The predicted octanol–water partition coefficient (Wildman–Crippen LogP) is 4.85. The highest BCUT2D eigenvalue weighted by atomic mass is 32.1. The summed E-state index contributed by atoms with van der Waals surface area (Å²) >= 11 is 1.62. The van der Waals surface area contributed by atoms with Crippen LogP contribution in [0.15, 0.2) is 55.1 Å². The second kappa shape index (κ2) is 8.35. The maximum Gasteiger partial charge on any atom is 0.134 e. The zero-order chi connectivity index (χ0) is 22.1. The van der Waals surface area contributed by atoms with Gasteiger partial charge in [0.2, 0.25) is 0 Å². The number of imidazole rings is 1. The van der Waals surface area contributed by atoms with Crippen molar-refractivity contribution in [3.63, 3.8) is 0 Å². The zero-order valence-corrected chi connectivity index (χ0v) is 18.8.